The number of imide groups is 1. The number of piperazine rings is 1. The lowest BCUT2D eigenvalue weighted by molar-refractivity contribution is -0.142. The quantitative estimate of drug-likeness (QED) is 0.556. The molecule has 0 aromatic carbocycles. The van der Waals surface area contributed by atoms with Crippen LogP contribution in [0.25, 0.3) is 0 Å². The summed E-state index contributed by atoms with van der Waals surface area (Å²) in [7, 11) is 0. The van der Waals surface area contributed by atoms with Crippen molar-refractivity contribution in [2.75, 3.05) is 44.2 Å². The number of hydrogen-bond donors (Lipinski definition) is 0. The number of aromatic nitrogens is 2. The van der Waals surface area contributed by atoms with Crippen LogP contribution in [-0.2, 0) is 20.9 Å². The van der Waals surface area contributed by atoms with Crippen molar-refractivity contribution in [3.05, 3.63) is 54.5 Å². The smallest absolute Gasteiger partial charge is 0.233 e. The summed E-state index contributed by atoms with van der Waals surface area (Å²) in [5, 5.41) is 0. The molecular weight excluding hydrogens is 430 g/mol. The minimum absolute atomic E-state index is 0.00430. The van der Waals surface area contributed by atoms with Gasteiger partial charge >= 0.3 is 0 Å². The fourth-order valence-corrected chi connectivity index (χ4v) is 5.46. The zero-order valence-electron chi connectivity index (χ0n) is 19.6. The third-order valence-corrected chi connectivity index (χ3v) is 7.33. The molecule has 3 fully saturated rings. The van der Waals surface area contributed by atoms with E-state index in [1.54, 1.807) is 12.4 Å². The first-order valence-electron chi connectivity index (χ1n) is 12.4. The van der Waals surface area contributed by atoms with E-state index in [0.717, 1.165) is 63.2 Å². The Hall–Kier alpha value is -2.84. The van der Waals surface area contributed by atoms with Crippen LogP contribution >= 0.6 is 0 Å². The second-order valence-electron chi connectivity index (χ2n) is 9.55. The minimum Gasteiger partial charge on any atom is -0.370 e. The van der Waals surface area contributed by atoms with Gasteiger partial charge in [0.15, 0.2) is 0 Å². The van der Waals surface area contributed by atoms with Gasteiger partial charge < -0.3 is 9.64 Å². The summed E-state index contributed by atoms with van der Waals surface area (Å²) in [6.07, 6.45) is 8.87. The highest BCUT2D eigenvalue weighted by atomic mass is 16.5. The number of rotatable bonds is 8. The molecule has 2 saturated heterocycles. The van der Waals surface area contributed by atoms with Gasteiger partial charge in [0.2, 0.25) is 11.8 Å². The van der Waals surface area contributed by atoms with E-state index in [0.29, 0.717) is 19.7 Å². The second-order valence-corrected chi connectivity index (χ2v) is 9.55. The number of hydrogen-bond acceptors (Lipinski definition) is 7. The third-order valence-electron chi connectivity index (χ3n) is 7.33. The summed E-state index contributed by atoms with van der Waals surface area (Å²) in [6, 6.07) is 9.86. The van der Waals surface area contributed by atoms with E-state index in [1.165, 1.54) is 4.90 Å². The largest absolute Gasteiger partial charge is 0.370 e. The van der Waals surface area contributed by atoms with Crippen LogP contribution in [0.2, 0.25) is 0 Å². The summed E-state index contributed by atoms with van der Waals surface area (Å²) in [5.41, 5.74) is 0.986. The lowest BCUT2D eigenvalue weighted by Crippen LogP contribution is -2.51. The van der Waals surface area contributed by atoms with Crippen molar-refractivity contribution in [2.24, 2.45) is 11.8 Å². The number of fused-ring (bicyclic) bond motifs is 1. The third kappa shape index (κ3) is 5.13. The summed E-state index contributed by atoms with van der Waals surface area (Å²) < 4.78 is 6.30. The molecule has 0 radical (unpaired) electrons. The van der Waals surface area contributed by atoms with E-state index >= 15 is 0 Å². The van der Waals surface area contributed by atoms with Crippen molar-refractivity contribution in [1.82, 2.24) is 19.8 Å². The zero-order valence-corrected chi connectivity index (χ0v) is 19.6. The average molecular weight is 464 g/mol. The van der Waals surface area contributed by atoms with Crippen molar-refractivity contribution in [1.29, 1.82) is 0 Å². The monoisotopic (exact) mass is 463 g/mol. The van der Waals surface area contributed by atoms with Gasteiger partial charge in [-0.2, -0.15) is 0 Å². The van der Waals surface area contributed by atoms with Crippen molar-refractivity contribution in [3.63, 3.8) is 0 Å². The van der Waals surface area contributed by atoms with Crippen molar-refractivity contribution >= 4 is 17.6 Å². The molecule has 2 aromatic heterocycles. The molecule has 2 aliphatic heterocycles. The lowest BCUT2D eigenvalue weighted by atomic mass is 9.81. The summed E-state index contributed by atoms with van der Waals surface area (Å²) in [4.78, 5) is 40.9. The maximum Gasteiger partial charge on any atom is 0.233 e. The summed E-state index contributed by atoms with van der Waals surface area (Å²) in [6.45, 7) is 4.96. The molecule has 1 unspecified atom stereocenters. The van der Waals surface area contributed by atoms with E-state index in [4.69, 9.17) is 4.74 Å². The number of ether oxygens (including phenoxy) is 1. The van der Waals surface area contributed by atoms with Gasteiger partial charge in [0.1, 0.15) is 5.82 Å². The van der Waals surface area contributed by atoms with E-state index in [-0.39, 0.29) is 29.8 Å². The Morgan fingerprint density at radius 2 is 1.68 bits per heavy atom. The minimum atomic E-state index is -0.241. The van der Waals surface area contributed by atoms with Crippen molar-refractivity contribution in [2.45, 2.75) is 38.4 Å². The molecule has 34 heavy (non-hydrogen) atoms. The number of amides is 2. The summed E-state index contributed by atoms with van der Waals surface area (Å²) in [5.74, 6) is 0.765. The molecule has 1 saturated carbocycles. The Morgan fingerprint density at radius 1 is 0.912 bits per heavy atom. The Kier molecular flexibility index (Phi) is 7.16. The first kappa shape index (κ1) is 22.9. The van der Waals surface area contributed by atoms with Crippen LogP contribution in [0.5, 0.6) is 0 Å². The van der Waals surface area contributed by atoms with E-state index in [1.807, 2.05) is 36.5 Å². The number of likely N-dealkylation sites (tertiary alicyclic amines) is 1. The number of anilines is 1. The molecule has 2 amide bonds. The molecule has 3 aliphatic rings. The Balaban J connectivity index is 1.23. The fraction of sp³-hybridized carbons (Fsp3) is 0.538. The number of carbonyl (C=O) groups is 2. The molecule has 2 aromatic rings. The number of carbonyl (C=O) groups excluding carboxylic acids is 2. The number of pyridine rings is 2. The van der Waals surface area contributed by atoms with Gasteiger partial charge in [0, 0.05) is 51.3 Å². The molecule has 5 rings (SSSR count). The predicted octanol–water partition coefficient (Wildman–Crippen LogP) is 2.36. The van der Waals surface area contributed by atoms with Gasteiger partial charge in [-0.1, -0.05) is 25.0 Å². The van der Waals surface area contributed by atoms with Gasteiger partial charge in [0.05, 0.1) is 31.1 Å². The molecule has 3 atom stereocenters. The molecule has 8 heteroatoms. The normalized spacial score (nSPS) is 24.4. The first-order valence-corrected chi connectivity index (χ1v) is 12.4. The standard InChI is InChI=1S/C26H33N5O3/c32-25-22-7-1-2-8-23(22)26(33)31(25)18-21(34-19-20-6-5-10-27-16-20)17-29-12-14-30(15-13-29)24-9-3-4-11-28-24/h3-6,9-11,16,21-23H,1-2,7-8,12-15,17-19H2/t21?,22-,23+. The second kappa shape index (κ2) is 10.6. The van der Waals surface area contributed by atoms with Crippen LogP contribution in [0.3, 0.4) is 0 Å². The van der Waals surface area contributed by atoms with Gasteiger partial charge in [-0.05, 0) is 36.6 Å². The van der Waals surface area contributed by atoms with Crippen molar-refractivity contribution < 1.29 is 14.3 Å². The number of nitrogens with zero attached hydrogens (tertiary/aromatic N) is 5. The molecule has 8 nitrogen and oxygen atoms in total. The summed E-state index contributed by atoms with van der Waals surface area (Å²) >= 11 is 0. The van der Waals surface area contributed by atoms with Gasteiger partial charge in [-0.15, -0.1) is 0 Å². The predicted molar refractivity (Wildman–Crippen MR) is 128 cm³/mol. The molecule has 0 N–H and O–H groups in total. The van der Waals surface area contributed by atoms with Gasteiger partial charge in [0.25, 0.3) is 0 Å². The highest BCUT2D eigenvalue weighted by Gasteiger charge is 2.48. The Morgan fingerprint density at radius 3 is 2.32 bits per heavy atom. The maximum absolute atomic E-state index is 13.1. The SMILES string of the molecule is O=C1[C@H]2CCCC[C@H]2C(=O)N1CC(CN1CCN(c2ccccn2)CC1)OCc1cccnc1. The van der Waals surface area contributed by atoms with Crippen LogP contribution in [0, 0.1) is 11.8 Å². The average Bonchev–Trinajstić information content (AvgIpc) is 3.14. The lowest BCUT2D eigenvalue weighted by Gasteiger charge is -2.37. The van der Waals surface area contributed by atoms with E-state index in [2.05, 4.69) is 19.8 Å². The molecule has 180 valence electrons. The van der Waals surface area contributed by atoms with Crippen molar-refractivity contribution in [3.8, 4) is 0 Å². The Bertz CT molecular complexity index is 941. The fourth-order valence-electron chi connectivity index (χ4n) is 5.46. The molecular formula is C26H33N5O3. The van der Waals surface area contributed by atoms with Gasteiger partial charge in [-0.3, -0.25) is 24.4 Å². The maximum atomic E-state index is 13.1. The van der Waals surface area contributed by atoms with Gasteiger partial charge in [-0.25, -0.2) is 4.98 Å². The zero-order chi connectivity index (χ0) is 23.3. The van der Waals surface area contributed by atoms with Crippen LogP contribution in [-0.4, -0.2) is 77.0 Å². The van der Waals surface area contributed by atoms with Crippen LogP contribution < -0.4 is 4.90 Å². The van der Waals surface area contributed by atoms with E-state index < -0.39 is 0 Å². The molecule has 0 spiro atoms. The van der Waals surface area contributed by atoms with E-state index in [9.17, 15) is 9.59 Å². The molecule has 0 bridgehead atoms. The highest BCUT2D eigenvalue weighted by Crippen LogP contribution is 2.38. The van der Waals surface area contributed by atoms with Crippen LogP contribution in [0.15, 0.2) is 48.9 Å². The molecule has 1 aliphatic carbocycles. The highest BCUT2D eigenvalue weighted by molar-refractivity contribution is 6.05. The topological polar surface area (TPSA) is 78.9 Å². The Labute approximate surface area is 200 Å². The van der Waals surface area contributed by atoms with Crippen LogP contribution in [0.4, 0.5) is 5.82 Å². The molecule has 4 heterocycles. The first-order chi connectivity index (χ1) is 16.7. The van der Waals surface area contributed by atoms with Crippen LogP contribution in [0.1, 0.15) is 31.2 Å².